The molecule has 4 rings (SSSR count). The van der Waals surface area contributed by atoms with Crippen molar-refractivity contribution in [2.75, 3.05) is 0 Å². The third-order valence-electron chi connectivity index (χ3n) is 8.02. The summed E-state index contributed by atoms with van der Waals surface area (Å²) in [5.41, 5.74) is 1.11. The van der Waals surface area contributed by atoms with Crippen LogP contribution in [0, 0.1) is 28.6 Å². The van der Waals surface area contributed by atoms with E-state index in [1.165, 1.54) is 5.57 Å². The standard InChI is InChI=1S/C19H28O3/c1-18-8-7-12(20)9-11(18)3-4-13-14-5-6-16(21)19(14,2)17(22)10-15(13)18/h9,13-17,21-22H,3-8,10H2,1-2H3/t13-,14-,15-,16-,17-,18-,19-/m0/s1. The Bertz CT molecular complexity index is 539. The minimum atomic E-state index is -0.412. The molecule has 0 saturated heterocycles. The van der Waals surface area contributed by atoms with Crippen LogP contribution in [0.3, 0.4) is 0 Å². The average molecular weight is 304 g/mol. The molecule has 0 aromatic heterocycles. The zero-order valence-corrected chi connectivity index (χ0v) is 13.7. The summed E-state index contributed by atoms with van der Waals surface area (Å²) in [6, 6.07) is 0. The molecule has 0 aliphatic heterocycles. The third-order valence-corrected chi connectivity index (χ3v) is 8.02. The Morgan fingerprint density at radius 2 is 1.82 bits per heavy atom. The summed E-state index contributed by atoms with van der Waals surface area (Å²) < 4.78 is 0. The lowest BCUT2D eigenvalue weighted by atomic mass is 9.46. The summed E-state index contributed by atoms with van der Waals surface area (Å²) in [7, 11) is 0. The molecule has 2 N–H and O–H groups in total. The molecule has 122 valence electrons. The largest absolute Gasteiger partial charge is 0.392 e. The van der Waals surface area contributed by atoms with Gasteiger partial charge in [0.2, 0.25) is 0 Å². The Hall–Kier alpha value is -0.670. The molecular formula is C19H28O3. The predicted molar refractivity (Wildman–Crippen MR) is 84.1 cm³/mol. The van der Waals surface area contributed by atoms with Gasteiger partial charge in [-0.1, -0.05) is 19.4 Å². The van der Waals surface area contributed by atoms with Gasteiger partial charge in [0.25, 0.3) is 0 Å². The highest BCUT2D eigenvalue weighted by atomic mass is 16.3. The first-order chi connectivity index (χ1) is 10.4. The summed E-state index contributed by atoms with van der Waals surface area (Å²) in [6.45, 7) is 4.43. The molecule has 0 spiro atoms. The summed E-state index contributed by atoms with van der Waals surface area (Å²) in [6.07, 6.45) is 7.56. The van der Waals surface area contributed by atoms with Crippen molar-refractivity contribution < 1.29 is 15.0 Å². The van der Waals surface area contributed by atoms with Crippen LogP contribution in [0.5, 0.6) is 0 Å². The zero-order valence-electron chi connectivity index (χ0n) is 13.7. The zero-order chi connectivity index (χ0) is 15.7. The number of allylic oxidation sites excluding steroid dienone is 1. The van der Waals surface area contributed by atoms with Gasteiger partial charge in [-0.3, -0.25) is 4.79 Å². The highest BCUT2D eigenvalue weighted by Crippen LogP contribution is 2.65. The molecule has 3 fully saturated rings. The first-order valence-electron chi connectivity index (χ1n) is 8.97. The topological polar surface area (TPSA) is 57.5 Å². The van der Waals surface area contributed by atoms with Crippen LogP contribution in [-0.2, 0) is 4.79 Å². The minimum Gasteiger partial charge on any atom is -0.392 e. The van der Waals surface area contributed by atoms with E-state index in [-0.39, 0.29) is 22.7 Å². The molecule has 7 atom stereocenters. The smallest absolute Gasteiger partial charge is 0.155 e. The normalized spacial score (nSPS) is 54.3. The van der Waals surface area contributed by atoms with Crippen LogP contribution in [0.1, 0.15) is 58.8 Å². The van der Waals surface area contributed by atoms with E-state index in [0.717, 1.165) is 38.5 Å². The molecule has 3 heteroatoms. The van der Waals surface area contributed by atoms with Gasteiger partial charge in [-0.05, 0) is 67.8 Å². The minimum absolute atomic E-state index is 0.0900. The van der Waals surface area contributed by atoms with Gasteiger partial charge in [0, 0.05) is 11.8 Å². The summed E-state index contributed by atoms with van der Waals surface area (Å²) in [5.74, 6) is 1.79. The molecule has 0 amide bonds. The molecule has 0 radical (unpaired) electrons. The molecule has 0 aromatic rings. The first kappa shape index (κ1) is 14.9. The van der Waals surface area contributed by atoms with Crippen LogP contribution in [0.4, 0.5) is 0 Å². The molecule has 0 bridgehead atoms. The highest BCUT2D eigenvalue weighted by molar-refractivity contribution is 5.91. The van der Waals surface area contributed by atoms with Crippen LogP contribution in [0.2, 0.25) is 0 Å². The maximum Gasteiger partial charge on any atom is 0.155 e. The average Bonchev–Trinajstić information content (AvgIpc) is 2.79. The Morgan fingerprint density at radius 1 is 1.05 bits per heavy atom. The van der Waals surface area contributed by atoms with Gasteiger partial charge in [0.1, 0.15) is 0 Å². The van der Waals surface area contributed by atoms with Gasteiger partial charge in [-0.15, -0.1) is 0 Å². The highest BCUT2D eigenvalue weighted by Gasteiger charge is 2.62. The van der Waals surface area contributed by atoms with Crippen LogP contribution in [-0.4, -0.2) is 28.2 Å². The van der Waals surface area contributed by atoms with E-state index in [0.29, 0.717) is 24.2 Å². The van der Waals surface area contributed by atoms with Crippen molar-refractivity contribution in [2.24, 2.45) is 28.6 Å². The molecule has 22 heavy (non-hydrogen) atoms. The number of fused-ring (bicyclic) bond motifs is 5. The molecule has 3 nitrogen and oxygen atoms in total. The van der Waals surface area contributed by atoms with E-state index in [1.54, 1.807) is 0 Å². The number of aliphatic hydroxyl groups excluding tert-OH is 2. The number of ketones is 1. The molecule has 0 aromatic carbocycles. The summed E-state index contributed by atoms with van der Waals surface area (Å²) >= 11 is 0. The number of aliphatic hydroxyl groups is 2. The predicted octanol–water partition coefficient (Wildman–Crippen LogP) is 2.85. The van der Waals surface area contributed by atoms with Gasteiger partial charge >= 0.3 is 0 Å². The second-order valence-corrected chi connectivity index (χ2v) is 8.68. The number of hydrogen-bond acceptors (Lipinski definition) is 3. The summed E-state index contributed by atoms with van der Waals surface area (Å²) in [5, 5.41) is 21.3. The van der Waals surface area contributed by atoms with Gasteiger partial charge in [0.05, 0.1) is 12.2 Å². The van der Waals surface area contributed by atoms with Gasteiger partial charge in [0.15, 0.2) is 5.78 Å². The second-order valence-electron chi connectivity index (χ2n) is 8.68. The van der Waals surface area contributed by atoms with Crippen molar-refractivity contribution in [1.29, 1.82) is 0 Å². The first-order valence-corrected chi connectivity index (χ1v) is 8.97. The number of rotatable bonds is 0. The van der Waals surface area contributed by atoms with Gasteiger partial charge in [-0.2, -0.15) is 0 Å². The van der Waals surface area contributed by atoms with Gasteiger partial charge < -0.3 is 10.2 Å². The van der Waals surface area contributed by atoms with E-state index >= 15 is 0 Å². The fourth-order valence-corrected chi connectivity index (χ4v) is 6.51. The molecule has 0 unspecified atom stereocenters. The van der Waals surface area contributed by atoms with Crippen molar-refractivity contribution in [3.05, 3.63) is 11.6 Å². The monoisotopic (exact) mass is 304 g/mol. The number of carbonyl (C=O) groups is 1. The van der Waals surface area contributed by atoms with E-state index in [9.17, 15) is 15.0 Å². The van der Waals surface area contributed by atoms with Crippen LogP contribution in [0.15, 0.2) is 11.6 Å². The van der Waals surface area contributed by atoms with Crippen LogP contribution >= 0.6 is 0 Å². The molecule has 4 aliphatic carbocycles. The lowest BCUT2D eigenvalue weighted by Gasteiger charge is -2.59. The van der Waals surface area contributed by atoms with Gasteiger partial charge in [-0.25, -0.2) is 0 Å². The Morgan fingerprint density at radius 3 is 2.59 bits per heavy atom. The van der Waals surface area contributed by atoms with E-state index < -0.39 is 6.10 Å². The Kier molecular flexibility index (Phi) is 3.16. The number of hydrogen-bond donors (Lipinski definition) is 2. The summed E-state index contributed by atoms with van der Waals surface area (Å²) in [4.78, 5) is 11.8. The SMILES string of the molecule is C[C@@]12[C@@H](O)CC[C@H]1[C@@H]1CCC3=CC(=O)CC[C@]3(C)[C@H]1C[C@@H]2O. The third kappa shape index (κ3) is 1.73. The lowest BCUT2D eigenvalue weighted by Crippen LogP contribution is -2.57. The molecule has 4 aliphatic rings. The maximum absolute atomic E-state index is 11.8. The van der Waals surface area contributed by atoms with Crippen molar-refractivity contribution >= 4 is 5.78 Å². The van der Waals surface area contributed by atoms with Crippen LogP contribution in [0.25, 0.3) is 0 Å². The van der Waals surface area contributed by atoms with Crippen molar-refractivity contribution in [3.63, 3.8) is 0 Å². The fraction of sp³-hybridized carbons (Fsp3) is 0.842. The lowest BCUT2D eigenvalue weighted by molar-refractivity contribution is -0.150. The van der Waals surface area contributed by atoms with Crippen molar-refractivity contribution in [1.82, 2.24) is 0 Å². The Balaban J connectivity index is 1.73. The van der Waals surface area contributed by atoms with E-state index in [2.05, 4.69) is 13.8 Å². The second kappa shape index (κ2) is 4.67. The quantitative estimate of drug-likeness (QED) is 0.723. The van der Waals surface area contributed by atoms with E-state index in [4.69, 9.17) is 0 Å². The number of carbonyl (C=O) groups excluding carboxylic acids is 1. The molecule has 0 heterocycles. The Labute approximate surface area is 132 Å². The van der Waals surface area contributed by atoms with Crippen molar-refractivity contribution in [3.8, 4) is 0 Å². The molecular weight excluding hydrogens is 276 g/mol. The van der Waals surface area contributed by atoms with Crippen molar-refractivity contribution in [2.45, 2.75) is 71.0 Å². The molecule has 3 saturated carbocycles. The van der Waals surface area contributed by atoms with E-state index in [1.807, 2.05) is 6.08 Å². The van der Waals surface area contributed by atoms with Crippen LogP contribution < -0.4 is 0 Å². The maximum atomic E-state index is 11.8. The fourth-order valence-electron chi connectivity index (χ4n) is 6.51.